The van der Waals surface area contributed by atoms with Gasteiger partial charge < -0.3 is 0 Å². The van der Waals surface area contributed by atoms with Gasteiger partial charge in [0.1, 0.15) is 18.2 Å². The van der Waals surface area contributed by atoms with Gasteiger partial charge in [-0.1, -0.05) is 0 Å². The lowest BCUT2D eigenvalue weighted by molar-refractivity contribution is -0.155. The minimum atomic E-state index is -6.41. The molecule has 0 N–H and O–H groups in total. The lowest BCUT2D eigenvalue weighted by Gasteiger charge is -2.16. The van der Waals surface area contributed by atoms with Gasteiger partial charge in [0.25, 0.3) is 0 Å². The summed E-state index contributed by atoms with van der Waals surface area (Å²) in [4.78, 5) is 5.33. The normalized spacial score (nSPS) is 15.5. The summed E-state index contributed by atoms with van der Waals surface area (Å²) in [7, 11) is 0. The van der Waals surface area contributed by atoms with Crippen molar-refractivity contribution in [2.45, 2.75) is 30.9 Å². The number of halogens is 22. The molecule has 0 aromatic carbocycles. The number of rotatable bonds is 3. The highest BCUT2D eigenvalue weighted by Crippen LogP contribution is 2.58. The molecule has 3 aromatic rings. The van der Waals surface area contributed by atoms with Crippen molar-refractivity contribution >= 4 is 16.7 Å². The zero-order valence-electron chi connectivity index (χ0n) is 25.5. The average molecular weight is 850 g/mol. The molecular weight excluding hydrogens is 850 g/mol. The van der Waals surface area contributed by atoms with Gasteiger partial charge in [-0.3, -0.25) is 0 Å². The fraction of sp³-hybridized carbons (Fsp3) is 0.172. The van der Waals surface area contributed by atoms with Gasteiger partial charge in [-0.25, -0.2) is 41.3 Å². The number of allylic oxidation sites excluding steroid dienone is 6. The van der Waals surface area contributed by atoms with Crippen LogP contribution in [0.3, 0.4) is 0 Å². The van der Waals surface area contributed by atoms with Crippen LogP contribution in [0.1, 0.15) is 45.2 Å². The molecule has 0 amide bonds. The molecule has 4 rings (SSSR count). The predicted molar refractivity (Wildman–Crippen MR) is 135 cm³/mol. The van der Waals surface area contributed by atoms with Gasteiger partial charge in [0.2, 0.25) is 5.95 Å². The van der Waals surface area contributed by atoms with Gasteiger partial charge in [0.15, 0.2) is 63.4 Å². The SMILES string of the molecule is N#CC(=C1C(=C(C#N)c2c(F)c(C(F)(F)F)nc(C(F)(F)F)c2F)C1=C(C#N)c1c(F)c(C(F)(F)F)nc(C(F)(F)F)c1F)c1c(F)c(F)nc(C(F)(F)F)c1F. The summed E-state index contributed by atoms with van der Waals surface area (Å²) in [5, 5.41) is 29.3. The first-order chi connectivity index (χ1) is 25.8. The molecule has 1 fully saturated rings. The van der Waals surface area contributed by atoms with Gasteiger partial charge in [-0.15, -0.1) is 0 Å². The molecule has 1 aliphatic rings. The summed E-state index contributed by atoms with van der Waals surface area (Å²) in [6.45, 7) is 0. The maximum Gasteiger partial charge on any atom is 0.436 e. The molecule has 0 aliphatic heterocycles. The fourth-order valence-electron chi connectivity index (χ4n) is 4.85. The molecule has 0 atom stereocenters. The molecule has 0 spiro atoms. The van der Waals surface area contributed by atoms with Crippen molar-refractivity contribution in [3.8, 4) is 18.2 Å². The van der Waals surface area contributed by atoms with Crippen LogP contribution in [0.4, 0.5) is 96.6 Å². The van der Waals surface area contributed by atoms with Crippen molar-refractivity contribution < 1.29 is 96.6 Å². The van der Waals surface area contributed by atoms with Gasteiger partial charge in [0.05, 0.1) is 33.4 Å². The number of nitrogens with zero attached hydrogens (tertiary/aromatic N) is 6. The molecule has 300 valence electrons. The zero-order chi connectivity index (χ0) is 43.9. The Kier molecular flexibility index (Phi) is 10.4. The van der Waals surface area contributed by atoms with Gasteiger partial charge in [-0.05, 0) is 0 Å². The highest BCUT2D eigenvalue weighted by atomic mass is 19.4. The Morgan fingerprint density at radius 3 is 0.719 bits per heavy atom. The second kappa shape index (κ2) is 13.7. The Bertz CT molecular complexity index is 2290. The molecule has 1 aliphatic carbocycles. The summed E-state index contributed by atoms with van der Waals surface area (Å²) in [5.41, 5.74) is -39.2. The Hall–Kier alpha value is -6.40. The summed E-state index contributed by atoms with van der Waals surface area (Å²) < 4.78 is 309. The van der Waals surface area contributed by atoms with E-state index in [0.29, 0.717) is 18.2 Å². The van der Waals surface area contributed by atoms with Crippen LogP contribution in [0, 0.1) is 74.8 Å². The molecule has 0 unspecified atom stereocenters. The molecular formula is C29F22N6. The smallest absolute Gasteiger partial charge is 0.233 e. The van der Waals surface area contributed by atoms with E-state index in [9.17, 15) is 90.4 Å². The molecule has 0 bridgehead atoms. The Labute approximate surface area is 296 Å². The van der Waals surface area contributed by atoms with E-state index >= 15 is 22.0 Å². The van der Waals surface area contributed by atoms with Crippen molar-refractivity contribution in [3.05, 3.63) is 103 Å². The largest absolute Gasteiger partial charge is 0.436 e. The predicted octanol–water partition coefficient (Wildman–Crippen LogP) is 10.2. The quantitative estimate of drug-likeness (QED) is 0.147. The summed E-state index contributed by atoms with van der Waals surface area (Å²) >= 11 is 0. The third-order valence-corrected chi connectivity index (χ3v) is 7.06. The summed E-state index contributed by atoms with van der Waals surface area (Å²) in [6.07, 6.45) is -31.8. The number of nitriles is 3. The van der Waals surface area contributed by atoms with E-state index in [-0.39, 0.29) is 0 Å². The Morgan fingerprint density at radius 2 is 0.526 bits per heavy atom. The van der Waals surface area contributed by atoms with E-state index < -0.39 is 150 Å². The van der Waals surface area contributed by atoms with Crippen molar-refractivity contribution in [1.29, 1.82) is 15.8 Å². The molecule has 3 aromatic heterocycles. The highest BCUT2D eigenvalue weighted by molar-refractivity contribution is 6.12. The molecule has 28 heteroatoms. The fourth-order valence-corrected chi connectivity index (χ4v) is 4.85. The average Bonchev–Trinajstić information content (AvgIpc) is 3.75. The van der Waals surface area contributed by atoms with Crippen LogP contribution in [0.25, 0.3) is 16.7 Å². The van der Waals surface area contributed by atoms with Crippen LogP contribution >= 0.6 is 0 Å². The lowest BCUT2D eigenvalue weighted by Crippen LogP contribution is -2.21. The minimum absolute atomic E-state index is 0.453. The third-order valence-electron chi connectivity index (χ3n) is 7.06. The van der Waals surface area contributed by atoms with Crippen molar-refractivity contribution in [3.63, 3.8) is 0 Å². The summed E-state index contributed by atoms with van der Waals surface area (Å²) in [6, 6.07) is 1.43. The van der Waals surface area contributed by atoms with Gasteiger partial charge in [0, 0.05) is 16.7 Å². The zero-order valence-corrected chi connectivity index (χ0v) is 25.5. The molecule has 0 saturated heterocycles. The van der Waals surface area contributed by atoms with Crippen LogP contribution in [0.5, 0.6) is 0 Å². The second-order valence-electron chi connectivity index (χ2n) is 10.5. The van der Waals surface area contributed by atoms with Crippen LogP contribution < -0.4 is 0 Å². The van der Waals surface area contributed by atoms with Gasteiger partial charge in [-0.2, -0.15) is 86.0 Å². The molecule has 3 heterocycles. The standard InChI is InChI=1S/C29F22N6/c30-13-10(14(31)20(26(40,41)42)55-19(13)25(37,38)39)4(1-52)7-8(9(7)6(3-54)12-17(34)23(29(49,50)51)57-24(36)18(12)35)5(2-53)11-15(32)21(27(43,44)45)56-22(16(11)33)28(46,47)48. The maximum atomic E-state index is 15.3. The molecule has 1 saturated carbocycles. The summed E-state index contributed by atoms with van der Waals surface area (Å²) in [5.74, 6) is -22.7. The third kappa shape index (κ3) is 7.36. The van der Waals surface area contributed by atoms with E-state index in [2.05, 4.69) is 0 Å². The van der Waals surface area contributed by atoms with Crippen molar-refractivity contribution in [1.82, 2.24) is 15.0 Å². The van der Waals surface area contributed by atoms with E-state index in [1.165, 1.54) is 0 Å². The van der Waals surface area contributed by atoms with Crippen LogP contribution in [0.15, 0.2) is 16.7 Å². The lowest BCUT2D eigenvalue weighted by atomic mass is 9.99. The van der Waals surface area contributed by atoms with Crippen LogP contribution in [-0.4, -0.2) is 15.0 Å². The minimum Gasteiger partial charge on any atom is -0.233 e. The first kappa shape index (κ1) is 43.3. The van der Waals surface area contributed by atoms with Crippen LogP contribution in [-0.2, 0) is 30.9 Å². The molecule has 0 radical (unpaired) electrons. The van der Waals surface area contributed by atoms with E-state index in [0.717, 1.165) is 0 Å². The van der Waals surface area contributed by atoms with E-state index in [1.807, 2.05) is 4.98 Å². The first-order valence-electron chi connectivity index (χ1n) is 13.4. The number of pyridine rings is 3. The van der Waals surface area contributed by atoms with E-state index in [1.54, 1.807) is 9.97 Å². The van der Waals surface area contributed by atoms with Crippen LogP contribution in [0.2, 0.25) is 0 Å². The topological polar surface area (TPSA) is 110 Å². The maximum absolute atomic E-state index is 15.3. The Morgan fingerprint density at radius 1 is 0.333 bits per heavy atom. The number of hydrogen-bond acceptors (Lipinski definition) is 6. The first-order valence-corrected chi connectivity index (χ1v) is 13.4. The number of hydrogen-bond donors (Lipinski definition) is 0. The van der Waals surface area contributed by atoms with E-state index in [4.69, 9.17) is 0 Å². The number of alkyl halides is 15. The second-order valence-corrected chi connectivity index (χ2v) is 10.5. The monoisotopic (exact) mass is 850 g/mol. The van der Waals surface area contributed by atoms with Crippen molar-refractivity contribution in [2.75, 3.05) is 0 Å². The van der Waals surface area contributed by atoms with Gasteiger partial charge >= 0.3 is 30.9 Å². The number of aromatic nitrogens is 3. The van der Waals surface area contributed by atoms with Crippen molar-refractivity contribution in [2.24, 2.45) is 0 Å². The Balaban J connectivity index is 2.48. The molecule has 57 heavy (non-hydrogen) atoms. The highest BCUT2D eigenvalue weighted by Gasteiger charge is 2.52. The molecule has 6 nitrogen and oxygen atoms in total.